The van der Waals surface area contributed by atoms with E-state index < -0.39 is 0 Å². The van der Waals surface area contributed by atoms with E-state index in [4.69, 9.17) is 9.47 Å². The molecule has 0 aliphatic carbocycles. The van der Waals surface area contributed by atoms with Crippen molar-refractivity contribution in [1.82, 2.24) is 14.8 Å². The molecular formula is C21H22N4O3. The monoisotopic (exact) mass is 378 g/mol. The van der Waals surface area contributed by atoms with Crippen molar-refractivity contribution < 1.29 is 14.3 Å². The molecule has 0 unspecified atom stereocenters. The standard InChI is InChI=1S/C21H22N4O3/c1-14(26)24-19(15-4-8-17(27-2)9-5-15)12-20(25-21(24)22-13-23-25)16-6-10-18(28-3)11-7-16/h4-11,13,19-20H,12H2,1-3H3/t19-,20-/m1/s1. The van der Waals surface area contributed by atoms with E-state index in [9.17, 15) is 4.79 Å². The normalized spacial score (nSPS) is 18.5. The molecular weight excluding hydrogens is 356 g/mol. The van der Waals surface area contributed by atoms with E-state index in [0.29, 0.717) is 12.4 Å². The fourth-order valence-electron chi connectivity index (χ4n) is 3.77. The molecule has 0 saturated heterocycles. The summed E-state index contributed by atoms with van der Waals surface area (Å²) in [5, 5.41) is 4.41. The molecule has 2 heterocycles. The van der Waals surface area contributed by atoms with Gasteiger partial charge in [-0.05, 0) is 41.8 Å². The summed E-state index contributed by atoms with van der Waals surface area (Å²) in [4.78, 5) is 18.6. The van der Waals surface area contributed by atoms with Crippen LogP contribution in [0, 0.1) is 0 Å². The fraction of sp³-hybridized carbons (Fsp3) is 0.286. The molecule has 2 aromatic carbocycles. The molecule has 2 atom stereocenters. The van der Waals surface area contributed by atoms with Crippen LogP contribution in [0.25, 0.3) is 0 Å². The molecule has 0 N–H and O–H groups in total. The Morgan fingerprint density at radius 1 is 0.929 bits per heavy atom. The predicted octanol–water partition coefficient (Wildman–Crippen LogP) is 3.38. The molecule has 0 bridgehead atoms. The summed E-state index contributed by atoms with van der Waals surface area (Å²) < 4.78 is 12.4. The summed E-state index contributed by atoms with van der Waals surface area (Å²) >= 11 is 0. The lowest BCUT2D eigenvalue weighted by atomic mass is 9.92. The maximum absolute atomic E-state index is 12.5. The van der Waals surface area contributed by atoms with Gasteiger partial charge >= 0.3 is 0 Å². The van der Waals surface area contributed by atoms with Crippen LogP contribution in [0.1, 0.15) is 36.6 Å². The van der Waals surface area contributed by atoms with Crippen LogP contribution in [0.15, 0.2) is 54.9 Å². The van der Waals surface area contributed by atoms with E-state index in [2.05, 4.69) is 10.1 Å². The van der Waals surface area contributed by atoms with Gasteiger partial charge in [0.25, 0.3) is 0 Å². The largest absolute Gasteiger partial charge is 0.497 e. The Hall–Kier alpha value is -3.35. The summed E-state index contributed by atoms with van der Waals surface area (Å²) in [6.45, 7) is 1.56. The predicted molar refractivity (Wildman–Crippen MR) is 105 cm³/mol. The maximum Gasteiger partial charge on any atom is 0.231 e. The molecule has 28 heavy (non-hydrogen) atoms. The molecule has 144 valence electrons. The van der Waals surface area contributed by atoms with Crippen molar-refractivity contribution >= 4 is 11.9 Å². The van der Waals surface area contributed by atoms with Gasteiger partial charge in [-0.15, -0.1) is 0 Å². The van der Waals surface area contributed by atoms with Crippen LogP contribution in [0.3, 0.4) is 0 Å². The zero-order valence-electron chi connectivity index (χ0n) is 16.1. The first-order valence-corrected chi connectivity index (χ1v) is 9.09. The van der Waals surface area contributed by atoms with Crippen molar-refractivity contribution in [3.63, 3.8) is 0 Å². The number of rotatable bonds is 4. The average molecular weight is 378 g/mol. The highest BCUT2D eigenvalue weighted by Crippen LogP contribution is 2.42. The number of ether oxygens (including phenoxy) is 2. The zero-order chi connectivity index (χ0) is 19.7. The lowest BCUT2D eigenvalue weighted by Crippen LogP contribution is -2.41. The van der Waals surface area contributed by atoms with Crippen LogP contribution in [0.5, 0.6) is 11.5 Å². The van der Waals surface area contributed by atoms with Crippen LogP contribution in [0.2, 0.25) is 0 Å². The number of amides is 1. The lowest BCUT2D eigenvalue weighted by molar-refractivity contribution is -0.117. The highest BCUT2D eigenvalue weighted by atomic mass is 16.5. The third-order valence-corrected chi connectivity index (χ3v) is 5.16. The summed E-state index contributed by atoms with van der Waals surface area (Å²) in [7, 11) is 3.29. The minimum atomic E-state index is -0.146. The summed E-state index contributed by atoms with van der Waals surface area (Å²) in [6, 6.07) is 15.6. The van der Waals surface area contributed by atoms with Gasteiger partial charge in [-0.2, -0.15) is 10.1 Å². The summed E-state index contributed by atoms with van der Waals surface area (Å²) in [5.74, 6) is 2.07. The topological polar surface area (TPSA) is 69.5 Å². The van der Waals surface area contributed by atoms with Gasteiger partial charge in [-0.3, -0.25) is 9.69 Å². The molecule has 0 radical (unpaired) electrons. The number of fused-ring (bicyclic) bond motifs is 1. The number of hydrogen-bond acceptors (Lipinski definition) is 5. The molecule has 3 aromatic rings. The van der Waals surface area contributed by atoms with Crippen molar-refractivity contribution in [1.29, 1.82) is 0 Å². The first-order chi connectivity index (χ1) is 13.6. The van der Waals surface area contributed by atoms with Gasteiger partial charge in [0.05, 0.1) is 26.3 Å². The van der Waals surface area contributed by atoms with E-state index in [0.717, 1.165) is 22.6 Å². The molecule has 0 spiro atoms. The fourth-order valence-corrected chi connectivity index (χ4v) is 3.77. The number of hydrogen-bond donors (Lipinski definition) is 0. The zero-order valence-corrected chi connectivity index (χ0v) is 16.1. The quantitative estimate of drug-likeness (QED) is 0.696. The first-order valence-electron chi connectivity index (χ1n) is 9.09. The molecule has 0 saturated carbocycles. The van der Waals surface area contributed by atoms with Crippen molar-refractivity contribution in [3.8, 4) is 11.5 Å². The Kier molecular flexibility index (Phi) is 4.73. The summed E-state index contributed by atoms with van der Waals surface area (Å²) in [6.07, 6.45) is 2.19. The van der Waals surface area contributed by atoms with Gasteiger partial charge in [0.15, 0.2) is 0 Å². The van der Waals surface area contributed by atoms with E-state index in [1.54, 1.807) is 26.0 Å². The van der Waals surface area contributed by atoms with Gasteiger partial charge in [-0.25, -0.2) is 4.68 Å². The molecule has 1 aliphatic rings. The highest BCUT2D eigenvalue weighted by molar-refractivity contribution is 5.90. The smallest absolute Gasteiger partial charge is 0.231 e. The second-order valence-corrected chi connectivity index (χ2v) is 6.71. The molecule has 7 heteroatoms. The van der Waals surface area contributed by atoms with Gasteiger partial charge in [0, 0.05) is 6.92 Å². The minimum Gasteiger partial charge on any atom is -0.497 e. The maximum atomic E-state index is 12.5. The Bertz CT molecular complexity index is 966. The van der Waals surface area contributed by atoms with Gasteiger partial charge in [0.1, 0.15) is 17.8 Å². The van der Waals surface area contributed by atoms with Crippen molar-refractivity contribution in [3.05, 3.63) is 66.0 Å². The molecule has 1 aromatic heterocycles. The number of benzene rings is 2. The molecule has 0 fully saturated rings. The molecule has 1 aliphatic heterocycles. The Balaban J connectivity index is 1.78. The van der Waals surface area contributed by atoms with Gasteiger partial charge in [-0.1, -0.05) is 24.3 Å². The Labute approximate surface area is 163 Å². The number of carbonyl (C=O) groups is 1. The van der Waals surface area contributed by atoms with Crippen LogP contribution >= 0.6 is 0 Å². The highest BCUT2D eigenvalue weighted by Gasteiger charge is 2.38. The number of carbonyl (C=O) groups excluding carboxylic acids is 1. The summed E-state index contributed by atoms with van der Waals surface area (Å²) in [5.41, 5.74) is 2.12. The van der Waals surface area contributed by atoms with Crippen LogP contribution in [-0.4, -0.2) is 34.9 Å². The van der Waals surface area contributed by atoms with Crippen LogP contribution < -0.4 is 14.4 Å². The third-order valence-electron chi connectivity index (χ3n) is 5.16. The van der Waals surface area contributed by atoms with E-state index in [-0.39, 0.29) is 18.0 Å². The van der Waals surface area contributed by atoms with Gasteiger partial charge in [0.2, 0.25) is 11.9 Å². The van der Waals surface area contributed by atoms with Crippen molar-refractivity contribution in [2.24, 2.45) is 0 Å². The SMILES string of the molecule is COc1ccc([C@H]2C[C@H](c3ccc(OC)cc3)n3ncnc3N2C(C)=O)cc1. The van der Waals surface area contributed by atoms with Gasteiger partial charge < -0.3 is 9.47 Å². The number of aromatic nitrogens is 3. The van der Waals surface area contributed by atoms with E-state index in [1.807, 2.05) is 53.2 Å². The molecule has 4 rings (SSSR count). The first kappa shape index (κ1) is 18.0. The number of methoxy groups -OCH3 is 2. The molecule has 7 nitrogen and oxygen atoms in total. The van der Waals surface area contributed by atoms with E-state index in [1.165, 1.54) is 6.33 Å². The Morgan fingerprint density at radius 3 is 1.96 bits per heavy atom. The third kappa shape index (κ3) is 3.09. The van der Waals surface area contributed by atoms with Crippen LogP contribution in [-0.2, 0) is 4.79 Å². The number of anilines is 1. The number of nitrogens with zero attached hydrogens (tertiary/aromatic N) is 4. The van der Waals surface area contributed by atoms with Crippen molar-refractivity contribution in [2.75, 3.05) is 19.1 Å². The van der Waals surface area contributed by atoms with Crippen molar-refractivity contribution in [2.45, 2.75) is 25.4 Å². The van der Waals surface area contributed by atoms with E-state index >= 15 is 0 Å². The lowest BCUT2D eigenvalue weighted by Gasteiger charge is -2.38. The minimum absolute atomic E-state index is 0.0360. The second kappa shape index (κ2) is 7.34. The second-order valence-electron chi connectivity index (χ2n) is 6.71. The molecule has 1 amide bonds. The average Bonchev–Trinajstić information content (AvgIpc) is 3.22. The van der Waals surface area contributed by atoms with Crippen LogP contribution in [0.4, 0.5) is 5.95 Å². The Morgan fingerprint density at radius 2 is 1.46 bits per heavy atom.